The first-order valence-corrected chi connectivity index (χ1v) is 7.86. The minimum atomic E-state index is -0.603. The molecule has 3 atom stereocenters. The van der Waals surface area contributed by atoms with Crippen LogP contribution in [-0.2, 0) is 19.1 Å². The van der Waals surface area contributed by atoms with Crippen molar-refractivity contribution in [2.24, 2.45) is 11.1 Å². The zero-order chi connectivity index (χ0) is 15.0. The Bertz CT molecular complexity index is 433. The molecule has 0 radical (unpaired) electrons. The Balaban J connectivity index is 1.65. The van der Waals surface area contributed by atoms with Gasteiger partial charge in [0.25, 0.3) is 5.91 Å². The number of hydrogen-bond donors (Lipinski definition) is 1. The van der Waals surface area contributed by atoms with Gasteiger partial charge in [-0.2, -0.15) is 0 Å². The van der Waals surface area contributed by atoms with Crippen molar-refractivity contribution in [3.8, 4) is 0 Å². The fourth-order valence-electron chi connectivity index (χ4n) is 4.04. The summed E-state index contributed by atoms with van der Waals surface area (Å²) in [7, 11) is 0. The Morgan fingerprint density at radius 1 is 1.14 bits per heavy atom. The minimum Gasteiger partial charge on any atom is -0.381 e. The SMILES string of the molecule is CC1N(C(=O)C2CCC(C(N)=O)O2)CCC12CCOCC2. The average Bonchev–Trinajstić information content (AvgIpc) is 3.07. The van der Waals surface area contributed by atoms with E-state index in [-0.39, 0.29) is 17.4 Å². The molecule has 0 saturated carbocycles. The fraction of sp³-hybridized carbons (Fsp3) is 0.867. The zero-order valence-electron chi connectivity index (χ0n) is 12.5. The van der Waals surface area contributed by atoms with Crippen molar-refractivity contribution in [1.29, 1.82) is 0 Å². The summed E-state index contributed by atoms with van der Waals surface area (Å²) in [6, 6.07) is 0.213. The maximum Gasteiger partial charge on any atom is 0.251 e. The highest BCUT2D eigenvalue weighted by Gasteiger charge is 2.49. The van der Waals surface area contributed by atoms with E-state index in [2.05, 4.69) is 6.92 Å². The molecule has 6 heteroatoms. The highest BCUT2D eigenvalue weighted by atomic mass is 16.5. The van der Waals surface area contributed by atoms with Crippen LogP contribution in [0.1, 0.15) is 39.0 Å². The van der Waals surface area contributed by atoms with Crippen molar-refractivity contribution in [1.82, 2.24) is 4.90 Å². The standard InChI is InChI=1S/C15H24N2O4/c1-10-15(5-8-20-9-6-15)4-7-17(10)14(19)12-3-2-11(21-12)13(16)18/h10-12H,2-9H2,1H3,(H2,16,18). The van der Waals surface area contributed by atoms with Gasteiger partial charge in [0.15, 0.2) is 0 Å². The van der Waals surface area contributed by atoms with Gasteiger partial charge in [-0.15, -0.1) is 0 Å². The summed E-state index contributed by atoms with van der Waals surface area (Å²) in [5, 5.41) is 0. The van der Waals surface area contributed by atoms with Crippen LogP contribution in [0, 0.1) is 5.41 Å². The molecule has 1 spiro atoms. The molecule has 2 N–H and O–H groups in total. The van der Waals surface area contributed by atoms with E-state index in [4.69, 9.17) is 15.2 Å². The van der Waals surface area contributed by atoms with E-state index >= 15 is 0 Å². The number of ether oxygens (including phenoxy) is 2. The summed E-state index contributed by atoms with van der Waals surface area (Å²) in [5.74, 6) is -0.449. The van der Waals surface area contributed by atoms with E-state index in [1.165, 1.54) is 0 Å². The number of nitrogens with two attached hydrogens (primary N) is 1. The van der Waals surface area contributed by atoms with Gasteiger partial charge in [-0.3, -0.25) is 9.59 Å². The molecule has 3 rings (SSSR count). The van der Waals surface area contributed by atoms with Crippen molar-refractivity contribution in [2.45, 2.75) is 57.3 Å². The molecule has 3 heterocycles. The second-order valence-electron chi connectivity index (χ2n) is 6.53. The molecular formula is C15H24N2O4. The third-order valence-electron chi connectivity index (χ3n) is 5.59. The number of amides is 2. The van der Waals surface area contributed by atoms with Crippen molar-refractivity contribution in [2.75, 3.05) is 19.8 Å². The molecule has 0 aliphatic carbocycles. The summed E-state index contributed by atoms with van der Waals surface area (Å²) in [6.45, 7) is 4.49. The zero-order valence-corrected chi connectivity index (χ0v) is 12.5. The van der Waals surface area contributed by atoms with Crippen LogP contribution in [0.5, 0.6) is 0 Å². The molecule has 3 fully saturated rings. The molecule has 0 aromatic rings. The first-order valence-electron chi connectivity index (χ1n) is 7.86. The van der Waals surface area contributed by atoms with Crippen LogP contribution in [-0.4, -0.2) is 54.7 Å². The highest BCUT2D eigenvalue weighted by molar-refractivity contribution is 5.84. The summed E-state index contributed by atoms with van der Waals surface area (Å²) in [6.07, 6.45) is 3.11. The number of rotatable bonds is 2. The normalized spacial score (nSPS) is 35.3. The van der Waals surface area contributed by atoms with E-state index in [9.17, 15) is 9.59 Å². The predicted molar refractivity (Wildman–Crippen MR) is 75.4 cm³/mol. The summed E-state index contributed by atoms with van der Waals surface area (Å²) in [4.78, 5) is 25.8. The van der Waals surface area contributed by atoms with Crippen LogP contribution in [0.25, 0.3) is 0 Å². The lowest BCUT2D eigenvalue weighted by molar-refractivity contribution is -0.147. The molecule has 6 nitrogen and oxygen atoms in total. The monoisotopic (exact) mass is 296 g/mol. The first kappa shape index (κ1) is 14.8. The molecule has 0 aromatic carbocycles. The molecule has 3 aliphatic heterocycles. The van der Waals surface area contributed by atoms with E-state index in [1.54, 1.807) is 0 Å². The third kappa shape index (κ3) is 2.55. The number of nitrogens with zero attached hydrogens (tertiary/aromatic N) is 1. The van der Waals surface area contributed by atoms with Crippen molar-refractivity contribution >= 4 is 11.8 Å². The Labute approximate surface area is 124 Å². The van der Waals surface area contributed by atoms with Crippen molar-refractivity contribution in [3.63, 3.8) is 0 Å². The van der Waals surface area contributed by atoms with Gasteiger partial charge < -0.3 is 20.1 Å². The number of hydrogen-bond acceptors (Lipinski definition) is 4. The largest absolute Gasteiger partial charge is 0.381 e. The Morgan fingerprint density at radius 2 is 1.81 bits per heavy atom. The van der Waals surface area contributed by atoms with Crippen molar-refractivity contribution < 1.29 is 19.1 Å². The summed E-state index contributed by atoms with van der Waals surface area (Å²) in [5.41, 5.74) is 5.45. The molecule has 2 amide bonds. The first-order chi connectivity index (χ1) is 10.0. The smallest absolute Gasteiger partial charge is 0.251 e. The van der Waals surface area contributed by atoms with Gasteiger partial charge in [-0.05, 0) is 44.4 Å². The van der Waals surface area contributed by atoms with Crippen LogP contribution >= 0.6 is 0 Å². The van der Waals surface area contributed by atoms with Crippen LogP contribution in [0.2, 0.25) is 0 Å². The summed E-state index contributed by atoms with van der Waals surface area (Å²) < 4.78 is 11.0. The Kier molecular flexibility index (Phi) is 3.92. The van der Waals surface area contributed by atoms with E-state index < -0.39 is 18.1 Å². The van der Waals surface area contributed by atoms with Crippen molar-refractivity contribution in [3.05, 3.63) is 0 Å². The number of carbonyl (C=O) groups is 2. The maximum atomic E-state index is 12.7. The summed E-state index contributed by atoms with van der Waals surface area (Å²) >= 11 is 0. The quantitative estimate of drug-likeness (QED) is 0.801. The topological polar surface area (TPSA) is 81.9 Å². The number of likely N-dealkylation sites (tertiary alicyclic amines) is 1. The predicted octanol–water partition coefficient (Wildman–Crippen LogP) is 0.437. The van der Waals surface area contributed by atoms with E-state index in [0.29, 0.717) is 12.8 Å². The van der Waals surface area contributed by atoms with E-state index in [0.717, 1.165) is 39.0 Å². The average molecular weight is 296 g/mol. The lowest BCUT2D eigenvalue weighted by atomic mass is 9.74. The van der Waals surface area contributed by atoms with Gasteiger partial charge in [0, 0.05) is 25.8 Å². The molecule has 118 valence electrons. The second-order valence-corrected chi connectivity index (χ2v) is 6.53. The van der Waals surface area contributed by atoms with Gasteiger partial charge >= 0.3 is 0 Å². The van der Waals surface area contributed by atoms with Gasteiger partial charge in [-0.25, -0.2) is 0 Å². The van der Waals surface area contributed by atoms with Gasteiger partial charge in [0.05, 0.1) is 0 Å². The van der Waals surface area contributed by atoms with Gasteiger partial charge in [-0.1, -0.05) is 0 Å². The lowest BCUT2D eigenvalue weighted by Gasteiger charge is -2.39. The highest BCUT2D eigenvalue weighted by Crippen LogP contribution is 2.45. The van der Waals surface area contributed by atoms with Gasteiger partial charge in [0.1, 0.15) is 12.2 Å². The number of carbonyl (C=O) groups excluding carboxylic acids is 2. The number of primary amides is 1. The van der Waals surface area contributed by atoms with Crippen LogP contribution in [0.4, 0.5) is 0 Å². The molecule has 0 bridgehead atoms. The minimum absolute atomic E-state index is 0.0228. The third-order valence-corrected chi connectivity index (χ3v) is 5.59. The van der Waals surface area contributed by atoms with E-state index in [1.807, 2.05) is 4.90 Å². The van der Waals surface area contributed by atoms with Gasteiger partial charge in [0.2, 0.25) is 5.91 Å². The van der Waals surface area contributed by atoms with Crippen LogP contribution < -0.4 is 5.73 Å². The maximum absolute atomic E-state index is 12.7. The fourth-order valence-corrected chi connectivity index (χ4v) is 4.04. The Hall–Kier alpha value is -1.14. The lowest BCUT2D eigenvalue weighted by Crippen LogP contribution is -2.47. The molecule has 3 saturated heterocycles. The Morgan fingerprint density at radius 3 is 2.43 bits per heavy atom. The van der Waals surface area contributed by atoms with Crippen LogP contribution in [0.15, 0.2) is 0 Å². The molecule has 3 unspecified atom stereocenters. The molecule has 0 aromatic heterocycles. The van der Waals surface area contributed by atoms with Crippen LogP contribution in [0.3, 0.4) is 0 Å². The second kappa shape index (κ2) is 5.57. The molecule has 3 aliphatic rings. The molecule has 21 heavy (non-hydrogen) atoms. The molecular weight excluding hydrogens is 272 g/mol.